The van der Waals surface area contributed by atoms with Crippen LogP contribution in [0.2, 0.25) is 0 Å². The van der Waals surface area contributed by atoms with Gasteiger partial charge in [-0.05, 0) is 19.4 Å². The Hall–Kier alpha value is -3.20. The predicted molar refractivity (Wildman–Crippen MR) is 88.9 cm³/mol. The highest BCUT2D eigenvalue weighted by Gasteiger charge is 2.40. The Morgan fingerprint density at radius 3 is 2.04 bits per heavy atom. The van der Waals surface area contributed by atoms with Crippen LogP contribution in [0.15, 0.2) is 46.8 Å². The minimum atomic E-state index is -0.988. The van der Waals surface area contributed by atoms with E-state index in [1.165, 1.54) is 32.0 Å². The predicted octanol–water partition coefficient (Wildman–Crippen LogP) is 2.28. The minimum absolute atomic E-state index is 0.0125. The van der Waals surface area contributed by atoms with Crippen LogP contribution in [0.5, 0.6) is 0 Å². The lowest BCUT2D eigenvalue weighted by atomic mass is 9.80. The van der Waals surface area contributed by atoms with Crippen molar-refractivity contribution in [1.29, 1.82) is 0 Å². The van der Waals surface area contributed by atoms with Crippen molar-refractivity contribution < 1.29 is 29.2 Å². The molecule has 0 saturated heterocycles. The molecule has 9 heteroatoms. The molecule has 138 valence electrons. The van der Waals surface area contributed by atoms with Crippen molar-refractivity contribution in [2.75, 3.05) is 14.2 Å². The number of ether oxygens (including phenoxy) is 2. The Balaban J connectivity index is 2.79. The van der Waals surface area contributed by atoms with E-state index in [9.17, 15) is 24.9 Å². The quantitative estimate of drug-likeness (QED) is 0.492. The van der Waals surface area contributed by atoms with Crippen LogP contribution in [0.1, 0.15) is 25.3 Å². The molecule has 0 atom stereocenters. The van der Waals surface area contributed by atoms with E-state index in [-0.39, 0.29) is 28.2 Å². The van der Waals surface area contributed by atoms with Gasteiger partial charge in [0.15, 0.2) is 0 Å². The van der Waals surface area contributed by atoms with E-state index in [0.29, 0.717) is 10.6 Å². The number of methoxy groups -OCH3 is 2. The molecule has 0 aliphatic carbocycles. The van der Waals surface area contributed by atoms with Crippen LogP contribution < -0.4 is 0 Å². The van der Waals surface area contributed by atoms with Gasteiger partial charge in [0.2, 0.25) is 0 Å². The van der Waals surface area contributed by atoms with Crippen molar-refractivity contribution >= 4 is 17.6 Å². The summed E-state index contributed by atoms with van der Waals surface area (Å²) in [5, 5.41) is 22.1. The normalized spacial score (nSPS) is 15.2. The van der Waals surface area contributed by atoms with Crippen molar-refractivity contribution in [3.63, 3.8) is 0 Å². The summed E-state index contributed by atoms with van der Waals surface area (Å²) in [6.45, 7) is 2.96. The number of nitrogens with zero attached hydrogens (tertiary/aromatic N) is 2. The third-order valence-electron chi connectivity index (χ3n) is 4.22. The second-order valence-electron chi connectivity index (χ2n) is 5.58. The van der Waals surface area contributed by atoms with Crippen molar-refractivity contribution in [3.05, 3.63) is 62.5 Å². The first-order chi connectivity index (χ1) is 12.2. The lowest BCUT2D eigenvalue weighted by molar-refractivity contribution is -0.384. The van der Waals surface area contributed by atoms with Gasteiger partial charge >= 0.3 is 11.9 Å². The largest absolute Gasteiger partial charge is 0.466 e. The Labute approximate surface area is 149 Å². The van der Waals surface area contributed by atoms with E-state index in [4.69, 9.17) is 9.47 Å². The number of carbonyl (C=O) groups is 2. The Kier molecular flexibility index (Phi) is 5.41. The molecule has 0 fully saturated rings. The van der Waals surface area contributed by atoms with E-state index in [0.717, 1.165) is 14.2 Å². The fourth-order valence-corrected chi connectivity index (χ4v) is 2.94. The van der Waals surface area contributed by atoms with E-state index in [1.807, 2.05) is 0 Å². The van der Waals surface area contributed by atoms with Crippen LogP contribution in [-0.2, 0) is 19.1 Å². The first-order valence-electron chi connectivity index (χ1n) is 7.56. The maximum absolute atomic E-state index is 12.4. The number of nitro benzene ring substituents is 1. The van der Waals surface area contributed by atoms with Gasteiger partial charge in [0.1, 0.15) is 0 Å². The number of hydroxylamine groups is 2. The molecule has 0 unspecified atom stereocenters. The zero-order valence-electron chi connectivity index (χ0n) is 14.7. The molecule has 0 spiro atoms. The lowest BCUT2D eigenvalue weighted by Crippen LogP contribution is -2.33. The maximum Gasteiger partial charge on any atom is 0.336 e. The number of hydrogen-bond acceptors (Lipinski definition) is 8. The SMILES string of the molecule is COC(=O)C1=C(C)N(O)C(C)=C(C(=O)OC)C1c1cccc([N+](=O)[O-])c1. The average molecular weight is 362 g/mol. The van der Waals surface area contributed by atoms with Crippen LogP contribution in [0, 0.1) is 10.1 Å². The second kappa shape index (κ2) is 7.36. The number of esters is 2. The van der Waals surface area contributed by atoms with Crippen molar-refractivity contribution in [2.24, 2.45) is 0 Å². The highest BCUT2D eigenvalue weighted by Crippen LogP contribution is 2.42. The molecule has 1 aliphatic heterocycles. The highest BCUT2D eigenvalue weighted by atomic mass is 16.6. The molecule has 1 aliphatic rings. The van der Waals surface area contributed by atoms with Gasteiger partial charge in [-0.3, -0.25) is 15.3 Å². The molecule has 1 heterocycles. The molecular weight excluding hydrogens is 344 g/mol. The molecule has 1 aromatic rings. The third-order valence-corrected chi connectivity index (χ3v) is 4.22. The molecule has 1 N–H and O–H groups in total. The van der Waals surface area contributed by atoms with Crippen LogP contribution in [0.25, 0.3) is 0 Å². The number of carbonyl (C=O) groups excluding carboxylic acids is 2. The number of hydrogen-bond donors (Lipinski definition) is 1. The molecule has 0 aromatic heterocycles. The average Bonchev–Trinajstić information content (AvgIpc) is 2.64. The summed E-state index contributed by atoms with van der Waals surface area (Å²) in [5.41, 5.74) is 0.407. The standard InChI is InChI=1S/C17H18N2O7/c1-9-13(16(20)25-3)15(11-6-5-7-12(8-11)19(23)24)14(17(21)26-4)10(2)18(9)22/h5-8,15,22H,1-4H3. The van der Waals surface area contributed by atoms with Crippen LogP contribution in [0.3, 0.4) is 0 Å². The molecule has 0 saturated carbocycles. The number of allylic oxidation sites excluding steroid dienone is 2. The minimum Gasteiger partial charge on any atom is -0.466 e. The number of benzene rings is 1. The number of nitro groups is 1. The number of non-ortho nitro benzene ring substituents is 1. The summed E-state index contributed by atoms with van der Waals surface area (Å²) >= 11 is 0. The van der Waals surface area contributed by atoms with Gasteiger partial charge in [-0.15, -0.1) is 0 Å². The first-order valence-corrected chi connectivity index (χ1v) is 7.56. The molecule has 2 rings (SSSR count). The smallest absolute Gasteiger partial charge is 0.336 e. The van der Waals surface area contributed by atoms with Crippen molar-refractivity contribution in [3.8, 4) is 0 Å². The third kappa shape index (κ3) is 3.16. The lowest BCUT2D eigenvalue weighted by Gasteiger charge is -2.33. The summed E-state index contributed by atoms with van der Waals surface area (Å²) < 4.78 is 9.58. The summed E-state index contributed by atoms with van der Waals surface area (Å²) in [7, 11) is 2.33. The van der Waals surface area contributed by atoms with Crippen LogP contribution >= 0.6 is 0 Å². The molecule has 0 bridgehead atoms. The van der Waals surface area contributed by atoms with Crippen LogP contribution in [0.4, 0.5) is 5.69 Å². The second-order valence-corrected chi connectivity index (χ2v) is 5.58. The zero-order chi connectivity index (χ0) is 19.6. The highest BCUT2D eigenvalue weighted by molar-refractivity contribution is 5.99. The molecule has 26 heavy (non-hydrogen) atoms. The van der Waals surface area contributed by atoms with Gasteiger partial charge < -0.3 is 9.47 Å². The fraction of sp³-hybridized carbons (Fsp3) is 0.294. The zero-order valence-corrected chi connectivity index (χ0v) is 14.7. The maximum atomic E-state index is 12.4. The van der Waals surface area contributed by atoms with Gasteiger partial charge in [-0.2, -0.15) is 0 Å². The van der Waals surface area contributed by atoms with E-state index in [1.54, 1.807) is 6.07 Å². The fourth-order valence-electron chi connectivity index (χ4n) is 2.94. The van der Waals surface area contributed by atoms with Gasteiger partial charge in [0.25, 0.3) is 5.69 Å². The Morgan fingerprint density at radius 1 is 1.12 bits per heavy atom. The molecular formula is C17H18N2O7. The number of rotatable bonds is 4. The Morgan fingerprint density at radius 2 is 1.62 bits per heavy atom. The van der Waals surface area contributed by atoms with Gasteiger partial charge in [-0.1, -0.05) is 12.1 Å². The van der Waals surface area contributed by atoms with E-state index >= 15 is 0 Å². The topological polar surface area (TPSA) is 119 Å². The van der Waals surface area contributed by atoms with Gasteiger partial charge in [0.05, 0.1) is 47.6 Å². The summed E-state index contributed by atoms with van der Waals surface area (Å²) in [6, 6.07) is 5.57. The summed E-state index contributed by atoms with van der Waals surface area (Å²) in [4.78, 5) is 35.3. The molecule has 9 nitrogen and oxygen atoms in total. The van der Waals surface area contributed by atoms with Crippen molar-refractivity contribution in [1.82, 2.24) is 5.06 Å². The first kappa shape index (κ1) is 19.1. The monoisotopic (exact) mass is 362 g/mol. The van der Waals surface area contributed by atoms with Gasteiger partial charge in [-0.25, -0.2) is 14.7 Å². The van der Waals surface area contributed by atoms with Crippen LogP contribution in [-0.4, -0.2) is 41.4 Å². The molecule has 0 amide bonds. The van der Waals surface area contributed by atoms with E-state index in [2.05, 4.69) is 0 Å². The molecule has 0 radical (unpaired) electrons. The molecule has 1 aromatic carbocycles. The van der Waals surface area contributed by atoms with Crippen molar-refractivity contribution in [2.45, 2.75) is 19.8 Å². The Bertz CT molecular complexity index is 801. The summed E-state index contributed by atoms with van der Waals surface area (Å²) in [6.07, 6.45) is 0. The summed E-state index contributed by atoms with van der Waals surface area (Å²) in [5.74, 6) is -2.53. The van der Waals surface area contributed by atoms with Gasteiger partial charge in [0, 0.05) is 12.1 Å². The van der Waals surface area contributed by atoms with E-state index < -0.39 is 22.8 Å².